The number of nitrogens with zero attached hydrogens (tertiary/aromatic N) is 2. The average molecular weight is 267 g/mol. The number of hydrazine groups is 1. The first-order valence-electron chi connectivity index (χ1n) is 5.67. The number of nitrogen functional groups attached to an aromatic ring is 1. The number of nitrogens with one attached hydrogen (secondary N) is 1. The normalized spacial score (nSPS) is 10.3. The molecule has 0 saturated carbocycles. The van der Waals surface area contributed by atoms with Crippen LogP contribution in [0.2, 0.25) is 0 Å². The van der Waals surface area contributed by atoms with Gasteiger partial charge in [-0.1, -0.05) is 6.07 Å². The van der Waals surface area contributed by atoms with Crippen molar-refractivity contribution in [1.82, 2.24) is 0 Å². The van der Waals surface area contributed by atoms with Gasteiger partial charge in [-0.3, -0.25) is 20.8 Å². The summed E-state index contributed by atoms with van der Waals surface area (Å²) >= 11 is 0. The van der Waals surface area contributed by atoms with Crippen LogP contribution in [0.25, 0.3) is 0 Å². The van der Waals surface area contributed by atoms with Gasteiger partial charge >= 0.3 is 5.69 Å². The van der Waals surface area contributed by atoms with Gasteiger partial charge in [-0.15, -0.1) is 0 Å². The van der Waals surface area contributed by atoms with Crippen LogP contribution in [0.1, 0.15) is 13.8 Å². The topological polar surface area (TPSA) is 128 Å². The number of hydrogen-bond donors (Lipinski definition) is 3. The summed E-state index contributed by atoms with van der Waals surface area (Å²) in [5, 5.41) is 11.2. The summed E-state index contributed by atoms with van der Waals surface area (Å²) in [4.78, 5) is 23.3. The van der Waals surface area contributed by atoms with Gasteiger partial charge < -0.3 is 16.1 Å². The number of nitrogens with two attached hydrogens (primary N) is 2. The highest BCUT2D eigenvalue weighted by Crippen LogP contribution is 2.35. The van der Waals surface area contributed by atoms with Crippen molar-refractivity contribution in [3.63, 3.8) is 0 Å². The summed E-state index contributed by atoms with van der Waals surface area (Å²) in [6.45, 7) is 3.52. The number of nitro groups is 1. The predicted molar refractivity (Wildman–Crippen MR) is 72.6 cm³/mol. The largest absolute Gasteiger partial charge is 0.368 e. The van der Waals surface area contributed by atoms with E-state index in [1.54, 1.807) is 17.0 Å². The molecule has 0 aliphatic heterocycles. The van der Waals surface area contributed by atoms with Gasteiger partial charge in [-0.2, -0.15) is 0 Å². The number of nitro benzene ring substituents is 1. The molecule has 0 aliphatic carbocycles. The lowest BCUT2D eigenvalue weighted by Gasteiger charge is -2.27. The van der Waals surface area contributed by atoms with Crippen LogP contribution in [0.3, 0.4) is 0 Å². The standard InChI is InChI=1S/C11H17N5O3/c1-7(2)15(6-10(12)17)9-5-3-4-8(14-13)11(9)16(18)19/h3-5,7,14H,6,13H2,1-2H3,(H2,12,17). The van der Waals surface area contributed by atoms with Gasteiger partial charge in [-0.25, -0.2) is 0 Å². The van der Waals surface area contributed by atoms with E-state index in [2.05, 4.69) is 5.43 Å². The third-order valence-corrected chi connectivity index (χ3v) is 2.61. The van der Waals surface area contributed by atoms with Crippen molar-refractivity contribution >= 4 is 23.0 Å². The quantitative estimate of drug-likeness (QED) is 0.393. The minimum absolute atomic E-state index is 0.105. The third-order valence-electron chi connectivity index (χ3n) is 2.61. The first kappa shape index (κ1) is 14.7. The highest BCUT2D eigenvalue weighted by atomic mass is 16.6. The van der Waals surface area contributed by atoms with E-state index >= 15 is 0 Å². The molecule has 0 radical (unpaired) electrons. The van der Waals surface area contributed by atoms with Gasteiger partial charge in [0, 0.05) is 6.04 Å². The molecule has 1 amide bonds. The summed E-state index contributed by atoms with van der Waals surface area (Å²) in [5.41, 5.74) is 7.75. The second kappa shape index (κ2) is 6.01. The van der Waals surface area contributed by atoms with E-state index in [0.717, 1.165) is 0 Å². The fraction of sp³-hybridized carbons (Fsp3) is 0.364. The maximum atomic E-state index is 11.2. The van der Waals surface area contributed by atoms with E-state index in [-0.39, 0.29) is 24.0 Å². The van der Waals surface area contributed by atoms with Crippen molar-refractivity contribution < 1.29 is 9.72 Å². The predicted octanol–water partition coefficient (Wildman–Crippen LogP) is 0.581. The van der Waals surface area contributed by atoms with Crippen LogP contribution in [0, 0.1) is 10.1 Å². The van der Waals surface area contributed by atoms with Gasteiger partial charge in [0.25, 0.3) is 0 Å². The number of anilines is 2. The van der Waals surface area contributed by atoms with Crippen LogP contribution < -0.4 is 21.9 Å². The van der Waals surface area contributed by atoms with Crippen LogP contribution in [0.4, 0.5) is 17.1 Å². The SMILES string of the molecule is CC(C)N(CC(N)=O)c1cccc(NN)c1[N+](=O)[O-]. The Hall–Kier alpha value is -2.35. The first-order chi connectivity index (χ1) is 8.88. The Bertz CT molecular complexity index is 489. The van der Waals surface area contributed by atoms with Crippen LogP contribution in [-0.4, -0.2) is 23.4 Å². The molecule has 0 unspecified atom stereocenters. The molecule has 8 nitrogen and oxygen atoms in total. The molecule has 0 saturated heterocycles. The Labute approximate surface area is 110 Å². The van der Waals surface area contributed by atoms with E-state index in [0.29, 0.717) is 5.69 Å². The number of hydrogen-bond acceptors (Lipinski definition) is 6. The highest BCUT2D eigenvalue weighted by molar-refractivity contribution is 5.83. The van der Waals surface area contributed by atoms with Crippen LogP contribution in [0.5, 0.6) is 0 Å². The van der Waals surface area contributed by atoms with Gasteiger partial charge in [0.1, 0.15) is 11.4 Å². The highest BCUT2D eigenvalue weighted by Gasteiger charge is 2.25. The summed E-state index contributed by atoms with van der Waals surface area (Å²) in [6, 6.07) is 4.54. The van der Waals surface area contributed by atoms with Gasteiger partial charge in [0.2, 0.25) is 5.91 Å². The van der Waals surface area contributed by atoms with Crippen molar-refractivity contribution in [2.45, 2.75) is 19.9 Å². The van der Waals surface area contributed by atoms with Crippen LogP contribution in [-0.2, 0) is 4.79 Å². The van der Waals surface area contributed by atoms with Crippen LogP contribution in [0.15, 0.2) is 18.2 Å². The number of carbonyl (C=O) groups excluding carboxylic acids is 1. The molecule has 0 aliphatic rings. The lowest BCUT2D eigenvalue weighted by molar-refractivity contribution is -0.383. The molecule has 0 atom stereocenters. The van der Waals surface area contributed by atoms with E-state index < -0.39 is 10.8 Å². The smallest absolute Gasteiger partial charge is 0.316 e. The molecule has 19 heavy (non-hydrogen) atoms. The maximum absolute atomic E-state index is 11.2. The Morgan fingerprint density at radius 1 is 1.53 bits per heavy atom. The van der Waals surface area contributed by atoms with Crippen molar-refractivity contribution in [3.8, 4) is 0 Å². The number of carbonyl (C=O) groups is 1. The zero-order valence-corrected chi connectivity index (χ0v) is 10.8. The van der Waals surface area contributed by atoms with Crippen molar-refractivity contribution in [1.29, 1.82) is 0 Å². The summed E-state index contributed by atoms with van der Waals surface area (Å²) in [6.07, 6.45) is 0. The van der Waals surface area contributed by atoms with E-state index in [1.807, 2.05) is 13.8 Å². The minimum atomic E-state index is -0.561. The van der Waals surface area contributed by atoms with Gasteiger partial charge in [-0.05, 0) is 26.0 Å². The Morgan fingerprint density at radius 3 is 2.58 bits per heavy atom. The Morgan fingerprint density at radius 2 is 2.16 bits per heavy atom. The molecule has 0 heterocycles. The maximum Gasteiger partial charge on any atom is 0.316 e. The lowest BCUT2D eigenvalue weighted by atomic mass is 10.1. The van der Waals surface area contributed by atoms with E-state index in [1.165, 1.54) is 6.07 Å². The van der Waals surface area contributed by atoms with Gasteiger partial charge in [0.05, 0.1) is 11.5 Å². The molecule has 0 spiro atoms. The molecular weight excluding hydrogens is 250 g/mol. The molecular formula is C11H17N5O3. The summed E-state index contributed by atoms with van der Waals surface area (Å²) in [5.74, 6) is 4.71. The number of para-hydroxylation sites is 1. The van der Waals surface area contributed by atoms with Crippen molar-refractivity contribution in [2.24, 2.45) is 11.6 Å². The van der Waals surface area contributed by atoms with Crippen molar-refractivity contribution in [3.05, 3.63) is 28.3 Å². The molecule has 104 valence electrons. The lowest BCUT2D eigenvalue weighted by Crippen LogP contribution is -2.39. The molecule has 0 fully saturated rings. The molecule has 1 aromatic rings. The second-order valence-corrected chi connectivity index (χ2v) is 4.26. The fourth-order valence-electron chi connectivity index (χ4n) is 1.79. The zero-order valence-electron chi connectivity index (χ0n) is 10.8. The van der Waals surface area contributed by atoms with E-state index in [9.17, 15) is 14.9 Å². The first-order valence-corrected chi connectivity index (χ1v) is 5.67. The molecule has 8 heteroatoms. The summed E-state index contributed by atoms with van der Waals surface area (Å²) in [7, 11) is 0. The Kier molecular flexibility index (Phi) is 4.65. The number of benzene rings is 1. The van der Waals surface area contributed by atoms with E-state index in [4.69, 9.17) is 11.6 Å². The monoisotopic (exact) mass is 267 g/mol. The number of rotatable bonds is 6. The minimum Gasteiger partial charge on any atom is -0.368 e. The third kappa shape index (κ3) is 3.32. The van der Waals surface area contributed by atoms with Gasteiger partial charge in [0.15, 0.2) is 0 Å². The molecule has 0 bridgehead atoms. The van der Waals surface area contributed by atoms with Crippen LogP contribution >= 0.6 is 0 Å². The zero-order chi connectivity index (χ0) is 14.6. The molecule has 0 aromatic heterocycles. The molecule has 1 aromatic carbocycles. The second-order valence-electron chi connectivity index (χ2n) is 4.26. The summed E-state index contributed by atoms with van der Waals surface area (Å²) < 4.78 is 0. The molecule has 5 N–H and O–H groups in total. The number of amides is 1. The molecule has 1 rings (SSSR count). The Balaban J connectivity index is 3.37. The van der Waals surface area contributed by atoms with Crippen molar-refractivity contribution in [2.75, 3.05) is 16.9 Å². The fourth-order valence-corrected chi connectivity index (χ4v) is 1.79. The number of primary amides is 1. The average Bonchev–Trinajstić information content (AvgIpc) is 2.34.